The first-order valence-electron chi connectivity index (χ1n) is 8.89. The van der Waals surface area contributed by atoms with Crippen LogP contribution in [0.1, 0.15) is 37.7 Å². The number of nitrogens with zero attached hydrogens (tertiary/aromatic N) is 2. The van der Waals surface area contributed by atoms with Crippen LogP contribution < -0.4 is 58.2 Å². The Bertz CT molecular complexity index is 511. The molecule has 2 fully saturated rings. The van der Waals surface area contributed by atoms with Gasteiger partial charge in [-0.05, 0) is 37.2 Å². The molecule has 5 heteroatoms. The van der Waals surface area contributed by atoms with Gasteiger partial charge in [-0.15, -0.1) is 13.1 Å². The van der Waals surface area contributed by atoms with Gasteiger partial charge in [0.2, 0.25) is 5.91 Å². The molecule has 4 nitrogen and oxygen atoms in total. The number of aliphatic hydroxyl groups is 1. The standard InChI is InChI=1S/C19H27N2O2.Rb/c22-18-8-4-7-16(18)9-10-19(23)21-12-11-20-14-17(21)13-15-5-2-1-3-6-15;/h1-3,5-6,16-18,22H,4,7-14H2;/q-1;+1. The number of rotatable bonds is 5. The van der Waals surface area contributed by atoms with Gasteiger partial charge < -0.3 is 15.3 Å². The summed E-state index contributed by atoms with van der Waals surface area (Å²) in [4.78, 5) is 14.7. The summed E-state index contributed by atoms with van der Waals surface area (Å²) < 4.78 is 0. The van der Waals surface area contributed by atoms with Gasteiger partial charge in [-0.3, -0.25) is 4.79 Å². The van der Waals surface area contributed by atoms with Gasteiger partial charge in [0, 0.05) is 19.0 Å². The molecular weight excluding hydrogens is 374 g/mol. The van der Waals surface area contributed by atoms with Crippen molar-refractivity contribution in [2.45, 2.75) is 50.7 Å². The van der Waals surface area contributed by atoms with Crippen LogP contribution in [0, 0.1) is 5.92 Å². The second-order valence-electron chi connectivity index (χ2n) is 6.86. The molecule has 1 aliphatic carbocycles. The minimum atomic E-state index is -0.195. The molecule has 1 aromatic rings. The summed E-state index contributed by atoms with van der Waals surface area (Å²) in [6.45, 7) is 2.24. The quantitative estimate of drug-likeness (QED) is 0.741. The predicted octanol–water partition coefficient (Wildman–Crippen LogP) is -0.241. The summed E-state index contributed by atoms with van der Waals surface area (Å²) in [5, 5.41) is 14.4. The maximum atomic E-state index is 12.7. The number of hydrogen-bond donors (Lipinski definition) is 1. The Hall–Kier alpha value is 0.415. The van der Waals surface area contributed by atoms with E-state index in [1.54, 1.807) is 0 Å². The fraction of sp³-hybridized carbons (Fsp3) is 0.632. The van der Waals surface area contributed by atoms with E-state index >= 15 is 0 Å². The number of benzene rings is 1. The van der Waals surface area contributed by atoms with Crippen LogP contribution in [0.3, 0.4) is 0 Å². The molecule has 3 rings (SSSR count). The Balaban J connectivity index is 0.00000208. The molecule has 2 aliphatic rings. The van der Waals surface area contributed by atoms with Crippen molar-refractivity contribution in [3.05, 3.63) is 41.2 Å². The van der Waals surface area contributed by atoms with E-state index in [9.17, 15) is 9.90 Å². The van der Waals surface area contributed by atoms with E-state index in [1.165, 1.54) is 5.56 Å². The zero-order valence-electron chi connectivity index (χ0n) is 14.7. The minimum Gasteiger partial charge on any atom is -0.659 e. The third-order valence-electron chi connectivity index (χ3n) is 5.26. The number of piperazine rings is 1. The van der Waals surface area contributed by atoms with Gasteiger partial charge in [0.25, 0.3) is 0 Å². The molecule has 0 aromatic heterocycles. The van der Waals surface area contributed by atoms with Gasteiger partial charge in [-0.1, -0.05) is 36.8 Å². The van der Waals surface area contributed by atoms with Crippen LogP contribution in [0.15, 0.2) is 30.3 Å². The first kappa shape index (κ1) is 20.7. The van der Waals surface area contributed by atoms with E-state index in [2.05, 4.69) is 17.4 Å². The Morgan fingerprint density at radius 2 is 2.04 bits per heavy atom. The van der Waals surface area contributed by atoms with Crippen molar-refractivity contribution < 1.29 is 68.1 Å². The summed E-state index contributed by atoms with van der Waals surface area (Å²) >= 11 is 0. The van der Waals surface area contributed by atoms with E-state index < -0.39 is 0 Å². The molecule has 3 atom stereocenters. The maximum Gasteiger partial charge on any atom is 1.00 e. The second-order valence-corrected chi connectivity index (χ2v) is 6.86. The molecule has 24 heavy (non-hydrogen) atoms. The van der Waals surface area contributed by atoms with Gasteiger partial charge in [0.05, 0.1) is 6.10 Å². The Kier molecular flexibility index (Phi) is 9.10. The molecule has 1 heterocycles. The Morgan fingerprint density at radius 3 is 2.75 bits per heavy atom. The van der Waals surface area contributed by atoms with Crippen LogP contribution in [-0.2, 0) is 11.2 Å². The van der Waals surface area contributed by atoms with E-state index in [0.29, 0.717) is 12.3 Å². The third kappa shape index (κ3) is 5.71. The van der Waals surface area contributed by atoms with Gasteiger partial charge in [-0.2, -0.15) is 0 Å². The summed E-state index contributed by atoms with van der Waals surface area (Å²) in [5.41, 5.74) is 1.26. The molecule has 1 aromatic carbocycles. The molecule has 0 spiro atoms. The van der Waals surface area contributed by atoms with E-state index in [0.717, 1.165) is 51.7 Å². The van der Waals surface area contributed by atoms with Gasteiger partial charge in [-0.25, -0.2) is 0 Å². The molecule has 0 bridgehead atoms. The summed E-state index contributed by atoms with van der Waals surface area (Å²) in [5.74, 6) is 0.556. The molecule has 1 aliphatic heterocycles. The number of hydrogen-bond acceptors (Lipinski definition) is 2. The number of amides is 1. The molecule has 126 valence electrons. The normalized spacial score (nSPS) is 26.9. The maximum absolute atomic E-state index is 12.7. The number of carbonyl (C=O) groups is 1. The van der Waals surface area contributed by atoms with Crippen molar-refractivity contribution in [2.24, 2.45) is 5.92 Å². The fourth-order valence-electron chi connectivity index (χ4n) is 3.90. The first-order valence-corrected chi connectivity index (χ1v) is 8.89. The van der Waals surface area contributed by atoms with Crippen LogP contribution in [0.25, 0.3) is 5.32 Å². The van der Waals surface area contributed by atoms with E-state index in [4.69, 9.17) is 0 Å². The van der Waals surface area contributed by atoms with E-state index in [-0.39, 0.29) is 76.2 Å². The smallest absolute Gasteiger partial charge is 0.659 e. The molecule has 1 amide bonds. The molecular formula is C19H27N2O2Rb. The average molecular weight is 401 g/mol. The Morgan fingerprint density at radius 1 is 1.25 bits per heavy atom. The van der Waals surface area contributed by atoms with Crippen molar-refractivity contribution >= 4 is 5.91 Å². The molecule has 0 radical (unpaired) electrons. The zero-order valence-corrected chi connectivity index (χ0v) is 19.6. The summed E-state index contributed by atoms with van der Waals surface area (Å²) in [7, 11) is 0. The van der Waals surface area contributed by atoms with Crippen molar-refractivity contribution in [1.82, 2.24) is 4.90 Å². The van der Waals surface area contributed by atoms with Crippen LogP contribution in [0.5, 0.6) is 0 Å². The zero-order chi connectivity index (χ0) is 16.1. The summed E-state index contributed by atoms with van der Waals surface area (Å²) in [6.07, 6.45) is 5.13. The SMILES string of the molecule is O=C(CCC1CCCC1O)N1CC[N-]CC1Cc1ccccc1.[Rb+]. The predicted molar refractivity (Wildman–Crippen MR) is 91.3 cm³/mol. The molecule has 1 N–H and O–H groups in total. The second kappa shape index (κ2) is 10.5. The van der Waals surface area contributed by atoms with E-state index in [1.807, 2.05) is 23.1 Å². The fourth-order valence-corrected chi connectivity index (χ4v) is 3.90. The Labute approximate surface area is 194 Å². The minimum absolute atomic E-state index is 0. The molecule has 3 unspecified atom stereocenters. The van der Waals surface area contributed by atoms with Crippen LogP contribution >= 0.6 is 0 Å². The largest absolute Gasteiger partial charge is 1.00 e. The van der Waals surface area contributed by atoms with Crippen molar-refractivity contribution in [2.75, 3.05) is 19.6 Å². The number of aliphatic hydroxyl groups excluding tert-OH is 1. The monoisotopic (exact) mass is 400 g/mol. The van der Waals surface area contributed by atoms with Crippen LogP contribution in [-0.4, -0.2) is 47.7 Å². The first-order chi connectivity index (χ1) is 11.2. The third-order valence-corrected chi connectivity index (χ3v) is 5.26. The van der Waals surface area contributed by atoms with Crippen molar-refractivity contribution in [1.29, 1.82) is 0 Å². The topological polar surface area (TPSA) is 54.6 Å². The van der Waals surface area contributed by atoms with Crippen LogP contribution in [0.2, 0.25) is 0 Å². The number of carbonyl (C=O) groups excluding carboxylic acids is 1. The van der Waals surface area contributed by atoms with Crippen molar-refractivity contribution in [3.63, 3.8) is 0 Å². The van der Waals surface area contributed by atoms with Gasteiger partial charge in [0.15, 0.2) is 0 Å². The van der Waals surface area contributed by atoms with Crippen LogP contribution in [0.4, 0.5) is 0 Å². The van der Waals surface area contributed by atoms with Gasteiger partial charge >= 0.3 is 58.2 Å². The molecule has 1 saturated carbocycles. The van der Waals surface area contributed by atoms with Crippen molar-refractivity contribution in [3.8, 4) is 0 Å². The average Bonchev–Trinajstić information content (AvgIpc) is 2.99. The molecule has 1 saturated heterocycles. The summed E-state index contributed by atoms with van der Waals surface area (Å²) in [6, 6.07) is 10.5. The van der Waals surface area contributed by atoms with Gasteiger partial charge in [0.1, 0.15) is 0 Å².